The van der Waals surface area contributed by atoms with Crippen molar-refractivity contribution in [3.05, 3.63) is 29.0 Å². The summed E-state index contributed by atoms with van der Waals surface area (Å²) in [6, 6.07) is 2.84. The van der Waals surface area contributed by atoms with Gasteiger partial charge in [-0.25, -0.2) is 17.5 Å². The van der Waals surface area contributed by atoms with Crippen molar-refractivity contribution in [1.82, 2.24) is 14.5 Å². The van der Waals surface area contributed by atoms with Crippen LogP contribution in [0.5, 0.6) is 0 Å². The SMILES string of the molecule is O=C1CCC(=O)N1C1CC2CCC(C1)N2C(=O)CCNS(=O)(=O)c1ccc(F)c(Cl)c1. The van der Waals surface area contributed by atoms with Crippen LogP contribution < -0.4 is 4.72 Å². The highest BCUT2D eigenvalue weighted by molar-refractivity contribution is 7.89. The molecule has 4 rings (SSSR count). The van der Waals surface area contributed by atoms with Crippen molar-refractivity contribution < 1.29 is 27.2 Å². The Hall–Kier alpha value is -2.04. The number of carbonyl (C=O) groups is 3. The van der Waals surface area contributed by atoms with Crippen LogP contribution in [-0.4, -0.2) is 60.6 Å². The number of fused-ring (bicyclic) bond motifs is 2. The molecule has 1 aromatic carbocycles. The molecule has 3 amide bonds. The second-order valence-corrected chi connectivity index (χ2v) is 10.4. The molecule has 3 saturated heterocycles. The Morgan fingerprint density at radius 2 is 1.71 bits per heavy atom. The number of nitrogens with one attached hydrogen (secondary N) is 1. The first-order valence-electron chi connectivity index (χ1n) is 10.3. The van der Waals surface area contributed by atoms with Gasteiger partial charge in [-0.2, -0.15) is 0 Å². The number of sulfonamides is 1. The van der Waals surface area contributed by atoms with Crippen molar-refractivity contribution in [1.29, 1.82) is 0 Å². The van der Waals surface area contributed by atoms with Gasteiger partial charge in [0.05, 0.1) is 9.92 Å². The molecule has 0 radical (unpaired) electrons. The van der Waals surface area contributed by atoms with Gasteiger partial charge in [-0.1, -0.05) is 11.6 Å². The molecule has 8 nitrogen and oxygen atoms in total. The van der Waals surface area contributed by atoms with Gasteiger partial charge in [0.25, 0.3) is 0 Å². The van der Waals surface area contributed by atoms with Crippen LogP contribution in [0, 0.1) is 5.82 Å². The summed E-state index contributed by atoms with van der Waals surface area (Å²) in [5.74, 6) is -1.15. The predicted molar refractivity (Wildman–Crippen MR) is 109 cm³/mol. The molecule has 2 atom stereocenters. The molecule has 11 heteroatoms. The summed E-state index contributed by atoms with van der Waals surface area (Å²) in [5.41, 5.74) is 0. The standard InChI is InChI=1S/C20H23ClFN3O5S/c21-16-11-15(3-4-17(16)22)31(29,30)23-8-7-20(28)24-12-1-2-13(24)10-14(9-12)25-18(26)5-6-19(25)27/h3-4,11-14,23H,1-2,5-10H2. The maximum absolute atomic E-state index is 13.3. The number of hydrogen-bond acceptors (Lipinski definition) is 5. The minimum Gasteiger partial charge on any atom is -0.337 e. The van der Waals surface area contributed by atoms with Crippen LogP contribution in [0.25, 0.3) is 0 Å². The van der Waals surface area contributed by atoms with Gasteiger partial charge >= 0.3 is 0 Å². The summed E-state index contributed by atoms with van der Waals surface area (Å²) in [5, 5.41) is -0.298. The normalized spacial score (nSPS) is 26.1. The van der Waals surface area contributed by atoms with E-state index in [9.17, 15) is 27.2 Å². The number of imide groups is 1. The number of rotatable bonds is 6. The fraction of sp³-hybridized carbons (Fsp3) is 0.550. The van der Waals surface area contributed by atoms with Crippen molar-refractivity contribution in [2.24, 2.45) is 0 Å². The maximum atomic E-state index is 13.3. The molecule has 0 aromatic heterocycles. The third-order valence-electron chi connectivity index (χ3n) is 6.28. The first-order chi connectivity index (χ1) is 14.7. The van der Waals surface area contributed by atoms with Gasteiger partial charge in [-0.05, 0) is 43.9 Å². The Bertz CT molecular complexity index is 1000. The first-order valence-corrected chi connectivity index (χ1v) is 12.1. The topological polar surface area (TPSA) is 104 Å². The Kier molecular flexibility index (Phi) is 6.06. The summed E-state index contributed by atoms with van der Waals surface area (Å²) in [4.78, 5) is 39.9. The van der Waals surface area contributed by atoms with Gasteiger partial charge in [0, 0.05) is 43.9 Å². The third kappa shape index (κ3) is 4.33. The van der Waals surface area contributed by atoms with Gasteiger partial charge in [-0.3, -0.25) is 19.3 Å². The van der Waals surface area contributed by atoms with Crippen LogP contribution in [0.2, 0.25) is 5.02 Å². The van der Waals surface area contributed by atoms with E-state index < -0.39 is 15.8 Å². The van der Waals surface area contributed by atoms with E-state index in [1.165, 1.54) is 4.90 Å². The minimum absolute atomic E-state index is 0.0204. The molecule has 3 aliphatic rings. The van der Waals surface area contributed by atoms with Gasteiger partial charge < -0.3 is 4.90 Å². The van der Waals surface area contributed by atoms with Gasteiger partial charge in [0.2, 0.25) is 27.7 Å². The molecular formula is C20H23ClFN3O5S. The highest BCUT2D eigenvalue weighted by Crippen LogP contribution is 2.39. The van der Waals surface area contributed by atoms with E-state index in [1.54, 1.807) is 4.90 Å². The van der Waals surface area contributed by atoms with Gasteiger partial charge in [0.15, 0.2) is 0 Å². The van der Waals surface area contributed by atoms with Gasteiger partial charge in [0.1, 0.15) is 5.82 Å². The monoisotopic (exact) mass is 471 g/mol. The second kappa shape index (κ2) is 8.48. The molecule has 1 N–H and O–H groups in total. The Morgan fingerprint density at radius 1 is 1.10 bits per heavy atom. The largest absolute Gasteiger partial charge is 0.337 e. The Balaban J connectivity index is 1.34. The summed E-state index contributed by atoms with van der Waals surface area (Å²) in [6.45, 7) is -0.0986. The average molecular weight is 472 g/mol. The molecule has 3 heterocycles. The summed E-state index contributed by atoms with van der Waals surface area (Å²) in [7, 11) is -3.92. The van der Waals surface area contributed by atoms with Crippen LogP contribution in [0.1, 0.15) is 44.9 Å². The third-order valence-corrected chi connectivity index (χ3v) is 8.03. The van der Waals surface area contributed by atoms with Crippen LogP contribution in [-0.2, 0) is 24.4 Å². The lowest BCUT2D eigenvalue weighted by Crippen LogP contribution is -2.54. The molecule has 2 bridgehead atoms. The molecule has 0 aliphatic carbocycles. The molecule has 168 valence electrons. The van der Waals surface area contributed by atoms with Crippen molar-refractivity contribution in [2.45, 2.75) is 68.0 Å². The summed E-state index contributed by atoms with van der Waals surface area (Å²) >= 11 is 5.65. The van der Waals surface area contributed by atoms with E-state index in [0.717, 1.165) is 31.0 Å². The number of piperidine rings is 1. The fourth-order valence-corrected chi connectivity index (χ4v) is 6.22. The lowest BCUT2D eigenvalue weighted by atomic mass is 9.95. The molecular weight excluding hydrogens is 449 g/mol. The molecule has 0 saturated carbocycles. The Morgan fingerprint density at radius 3 is 2.29 bits per heavy atom. The summed E-state index contributed by atoms with van der Waals surface area (Å²) in [6.07, 6.45) is 3.25. The molecule has 3 aliphatic heterocycles. The molecule has 1 aromatic rings. The minimum atomic E-state index is -3.92. The summed E-state index contributed by atoms with van der Waals surface area (Å²) < 4.78 is 40.3. The molecule has 31 heavy (non-hydrogen) atoms. The number of hydrogen-bond donors (Lipinski definition) is 1. The quantitative estimate of drug-likeness (QED) is 0.637. The zero-order valence-electron chi connectivity index (χ0n) is 16.7. The average Bonchev–Trinajstić information content (AvgIpc) is 3.18. The van der Waals surface area contributed by atoms with Crippen molar-refractivity contribution >= 4 is 39.3 Å². The number of likely N-dealkylation sites (tertiary alicyclic amines) is 1. The lowest BCUT2D eigenvalue weighted by Gasteiger charge is -2.41. The van der Waals surface area contributed by atoms with Crippen molar-refractivity contribution in [3.63, 3.8) is 0 Å². The highest BCUT2D eigenvalue weighted by Gasteiger charge is 2.47. The number of halogens is 2. The zero-order chi connectivity index (χ0) is 22.3. The molecule has 0 spiro atoms. The van der Waals surface area contributed by atoms with E-state index in [1.807, 2.05) is 0 Å². The zero-order valence-corrected chi connectivity index (χ0v) is 18.3. The predicted octanol–water partition coefficient (Wildman–Crippen LogP) is 1.82. The van der Waals surface area contributed by atoms with E-state index in [0.29, 0.717) is 12.8 Å². The molecule has 3 fully saturated rings. The lowest BCUT2D eigenvalue weighted by molar-refractivity contribution is -0.144. The van der Waals surface area contributed by atoms with Gasteiger partial charge in [-0.15, -0.1) is 0 Å². The van der Waals surface area contributed by atoms with E-state index in [-0.39, 0.29) is 71.6 Å². The molecule has 2 unspecified atom stereocenters. The van der Waals surface area contributed by atoms with E-state index in [2.05, 4.69) is 4.72 Å². The fourth-order valence-electron chi connectivity index (χ4n) is 4.92. The highest BCUT2D eigenvalue weighted by atomic mass is 35.5. The number of carbonyl (C=O) groups excluding carboxylic acids is 3. The number of amides is 3. The smallest absolute Gasteiger partial charge is 0.240 e. The maximum Gasteiger partial charge on any atom is 0.240 e. The van der Waals surface area contributed by atoms with Crippen LogP contribution >= 0.6 is 11.6 Å². The number of nitrogens with zero attached hydrogens (tertiary/aromatic N) is 2. The van der Waals surface area contributed by atoms with Crippen molar-refractivity contribution in [3.8, 4) is 0 Å². The first kappa shape index (κ1) is 22.2. The van der Waals surface area contributed by atoms with Crippen LogP contribution in [0.15, 0.2) is 23.1 Å². The van der Waals surface area contributed by atoms with Crippen LogP contribution in [0.4, 0.5) is 4.39 Å². The van der Waals surface area contributed by atoms with Crippen molar-refractivity contribution in [2.75, 3.05) is 6.54 Å². The van der Waals surface area contributed by atoms with E-state index in [4.69, 9.17) is 11.6 Å². The number of benzene rings is 1. The van der Waals surface area contributed by atoms with Crippen LogP contribution in [0.3, 0.4) is 0 Å². The van der Waals surface area contributed by atoms with E-state index >= 15 is 0 Å². The Labute approximate surface area is 184 Å². The second-order valence-electron chi connectivity index (χ2n) is 8.19.